The van der Waals surface area contributed by atoms with Gasteiger partial charge in [0.05, 0.1) is 0 Å². The molecule has 0 bridgehead atoms. The molecule has 1 aliphatic rings. The van der Waals surface area contributed by atoms with Crippen LogP contribution in [-0.4, -0.2) is 12.8 Å². The van der Waals surface area contributed by atoms with Crippen LogP contribution in [0.5, 0.6) is 0 Å². The van der Waals surface area contributed by atoms with Crippen molar-refractivity contribution in [3.8, 4) is 0 Å². The topological polar surface area (TPSA) is 24.4 Å². The van der Waals surface area contributed by atoms with Crippen molar-refractivity contribution in [2.45, 2.75) is 20.3 Å². The van der Waals surface area contributed by atoms with Crippen LogP contribution in [0.15, 0.2) is 35.5 Å². The molecule has 1 aromatic carbocycles. The maximum atomic E-state index is 4.28. The molecule has 1 unspecified atom stereocenters. The average Bonchev–Trinajstić information content (AvgIpc) is 2.35. The first-order valence-electron chi connectivity index (χ1n) is 5.88. The highest BCUT2D eigenvalue weighted by Crippen LogP contribution is 2.35. The second-order valence-electron chi connectivity index (χ2n) is 4.02. The lowest BCUT2D eigenvalue weighted by Gasteiger charge is -2.28. The van der Waals surface area contributed by atoms with Crippen LogP contribution in [0.2, 0.25) is 0 Å². The van der Waals surface area contributed by atoms with Crippen LogP contribution in [0, 0.1) is 5.92 Å². The van der Waals surface area contributed by atoms with Crippen LogP contribution in [0.1, 0.15) is 25.8 Å². The molecule has 16 heavy (non-hydrogen) atoms. The highest BCUT2D eigenvalue weighted by molar-refractivity contribution is 5.80. The molecule has 0 saturated carbocycles. The van der Waals surface area contributed by atoms with Crippen LogP contribution in [0.25, 0.3) is 5.57 Å². The van der Waals surface area contributed by atoms with E-state index in [1.165, 1.54) is 16.8 Å². The summed E-state index contributed by atoms with van der Waals surface area (Å²) in [6.45, 7) is 5.19. The minimum Gasteiger partial charge on any atom is -0.384 e. The third-order valence-corrected chi connectivity index (χ3v) is 3.07. The van der Waals surface area contributed by atoms with Gasteiger partial charge in [0.1, 0.15) is 0 Å². The number of benzene rings is 1. The Bertz CT molecular complexity index is 418. The minimum atomic E-state index is 0.568. The maximum absolute atomic E-state index is 4.28. The highest BCUT2D eigenvalue weighted by atomic mass is 14.9. The molecule has 0 radical (unpaired) electrons. The molecule has 1 atom stereocenters. The van der Waals surface area contributed by atoms with Crippen LogP contribution in [0.4, 0.5) is 5.69 Å². The first-order valence-corrected chi connectivity index (χ1v) is 5.88. The van der Waals surface area contributed by atoms with Crippen LogP contribution < -0.4 is 5.32 Å². The van der Waals surface area contributed by atoms with E-state index in [0.29, 0.717) is 5.92 Å². The zero-order chi connectivity index (χ0) is 11.4. The fourth-order valence-electron chi connectivity index (χ4n) is 2.15. The number of fused-ring (bicyclic) bond motifs is 1. The number of aliphatic imine (C=N–C) groups is 1. The molecule has 1 N–H and O–H groups in total. The fraction of sp³-hybridized carbons (Fsp3) is 0.357. The van der Waals surface area contributed by atoms with Gasteiger partial charge in [0.2, 0.25) is 0 Å². The van der Waals surface area contributed by atoms with Gasteiger partial charge in [-0.2, -0.15) is 0 Å². The molecule has 2 nitrogen and oxygen atoms in total. The molecule has 2 rings (SSSR count). The minimum absolute atomic E-state index is 0.568. The van der Waals surface area contributed by atoms with E-state index in [2.05, 4.69) is 41.5 Å². The van der Waals surface area contributed by atoms with Gasteiger partial charge < -0.3 is 5.32 Å². The van der Waals surface area contributed by atoms with E-state index < -0.39 is 0 Å². The van der Waals surface area contributed by atoms with Crippen molar-refractivity contribution in [2.75, 3.05) is 11.9 Å². The summed E-state index contributed by atoms with van der Waals surface area (Å²) in [6.07, 6.45) is 4.99. The second kappa shape index (κ2) is 4.97. The van der Waals surface area contributed by atoms with Crippen LogP contribution >= 0.6 is 0 Å². The van der Waals surface area contributed by atoms with Gasteiger partial charge in [-0.05, 0) is 25.0 Å². The number of nitrogens with zero attached hydrogens (tertiary/aromatic N) is 1. The Hall–Kier alpha value is -1.57. The van der Waals surface area contributed by atoms with Gasteiger partial charge in [0, 0.05) is 36.1 Å². The predicted octanol–water partition coefficient (Wildman–Crippen LogP) is 3.57. The van der Waals surface area contributed by atoms with E-state index in [1.54, 1.807) is 0 Å². The quantitative estimate of drug-likeness (QED) is 0.748. The molecule has 0 amide bonds. The largest absolute Gasteiger partial charge is 0.384 e. The van der Waals surface area contributed by atoms with E-state index >= 15 is 0 Å². The molecule has 1 aliphatic heterocycles. The predicted molar refractivity (Wildman–Crippen MR) is 70.9 cm³/mol. The van der Waals surface area contributed by atoms with Crippen molar-refractivity contribution in [1.29, 1.82) is 0 Å². The molecular formula is C14H18N2. The summed E-state index contributed by atoms with van der Waals surface area (Å²) in [7, 11) is 0. The van der Waals surface area contributed by atoms with E-state index in [-0.39, 0.29) is 0 Å². The SMILES string of the molecule is CC=NC=C1c2ccccc2NCC1CC. The van der Waals surface area contributed by atoms with E-state index in [4.69, 9.17) is 0 Å². The summed E-state index contributed by atoms with van der Waals surface area (Å²) >= 11 is 0. The van der Waals surface area contributed by atoms with Crippen molar-refractivity contribution in [3.63, 3.8) is 0 Å². The van der Waals surface area contributed by atoms with Gasteiger partial charge in [-0.25, -0.2) is 0 Å². The van der Waals surface area contributed by atoms with Crippen LogP contribution in [0.3, 0.4) is 0 Å². The number of hydrogen-bond acceptors (Lipinski definition) is 2. The smallest absolute Gasteiger partial charge is 0.0417 e. The van der Waals surface area contributed by atoms with Gasteiger partial charge in [-0.3, -0.25) is 4.99 Å². The lowest BCUT2D eigenvalue weighted by molar-refractivity contribution is 0.668. The summed E-state index contributed by atoms with van der Waals surface area (Å²) in [5, 5.41) is 3.48. The Morgan fingerprint density at radius 3 is 3.00 bits per heavy atom. The third-order valence-electron chi connectivity index (χ3n) is 3.07. The maximum Gasteiger partial charge on any atom is 0.0417 e. The first-order chi connectivity index (χ1) is 7.86. The van der Waals surface area contributed by atoms with E-state index in [9.17, 15) is 0 Å². The number of hydrogen-bond donors (Lipinski definition) is 1. The summed E-state index contributed by atoms with van der Waals surface area (Å²) in [5.41, 5.74) is 3.88. The van der Waals surface area contributed by atoms with Gasteiger partial charge >= 0.3 is 0 Å². The molecule has 1 aromatic rings. The zero-order valence-electron chi connectivity index (χ0n) is 9.90. The van der Waals surface area contributed by atoms with E-state index in [1.807, 2.05) is 19.3 Å². The van der Waals surface area contributed by atoms with Gasteiger partial charge in [-0.1, -0.05) is 25.1 Å². The second-order valence-corrected chi connectivity index (χ2v) is 4.02. The van der Waals surface area contributed by atoms with Crippen molar-refractivity contribution in [3.05, 3.63) is 36.0 Å². The lowest BCUT2D eigenvalue weighted by atomic mass is 9.87. The van der Waals surface area contributed by atoms with Gasteiger partial charge in [0.25, 0.3) is 0 Å². The Kier molecular flexibility index (Phi) is 3.40. The van der Waals surface area contributed by atoms with E-state index in [0.717, 1.165) is 13.0 Å². The van der Waals surface area contributed by atoms with Crippen molar-refractivity contribution >= 4 is 17.5 Å². The molecule has 0 saturated heterocycles. The Labute approximate surface area is 97.1 Å². The molecule has 0 spiro atoms. The summed E-state index contributed by atoms with van der Waals surface area (Å²) < 4.78 is 0. The summed E-state index contributed by atoms with van der Waals surface area (Å²) in [5.74, 6) is 0.568. The Morgan fingerprint density at radius 1 is 1.44 bits per heavy atom. The molecule has 0 aliphatic carbocycles. The zero-order valence-corrected chi connectivity index (χ0v) is 9.90. The fourth-order valence-corrected chi connectivity index (χ4v) is 2.15. The van der Waals surface area contributed by atoms with Crippen molar-refractivity contribution in [1.82, 2.24) is 0 Å². The van der Waals surface area contributed by atoms with Crippen LogP contribution in [-0.2, 0) is 0 Å². The standard InChI is InChI=1S/C14H18N2/c1-3-11-9-16-14-8-6-5-7-12(14)13(11)10-15-4-2/h4-8,10-11,16H,3,9H2,1-2H3. The third kappa shape index (κ3) is 2.01. The molecule has 1 heterocycles. The molecular weight excluding hydrogens is 196 g/mol. The number of para-hydroxylation sites is 1. The van der Waals surface area contributed by atoms with Crippen molar-refractivity contribution < 1.29 is 0 Å². The molecule has 0 aromatic heterocycles. The summed E-state index contributed by atoms with van der Waals surface area (Å²) in [4.78, 5) is 4.28. The number of nitrogens with one attached hydrogen (secondary N) is 1. The molecule has 0 fully saturated rings. The number of anilines is 1. The Balaban J connectivity index is 2.44. The van der Waals surface area contributed by atoms with Gasteiger partial charge in [-0.15, -0.1) is 0 Å². The Morgan fingerprint density at radius 2 is 2.25 bits per heavy atom. The highest BCUT2D eigenvalue weighted by Gasteiger charge is 2.21. The van der Waals surface area contributed by atoms with Gasteiger partial charge in [0.15, 0.2) is 0 Å². The average molecular weight is 214 g/mol. The summed E-state index contributed by atoms with van der Waals surface area (Å²) in [6, 6.07) is 8.45. The lowest BCUT2D eigenvalue weighted by Crippen LogP contribution is -2.21. The van der Waals surface area contributed by atoms with Crippen molar-refractivity contribution in [2.24, 2.45) is 10.9 Å². The monoisotopic (exact) mass is 214 g/mol. The number of rotatable bonds is 2. The molecule has 84 valence electrons. The molecule has 2 heteroatoms. The first kappa shape index (κ1) is 10.9. The normalized spacial score (nSPS) is 22.1.